The maximum Gasteiger partial charge on any atom is 0.531 e. The summed E-state index contributed by atoms with van der Waals surface area (Å²) in [6.07, 6.45) is 0.536. The summed E-state index contributed by atoms with van der Waals surface area (Å²) < 4.78 is 5.34. The topological polar surface area (TPSA) is 114 Å². The largest absolute Gasteiger partial charge is 0.690 e. The Morgan fingerprint density at radius 3 is 2.33 bits per heavy atom. The van der Waals surface area contributed by atoms with E-state index in [1.54, 1.807) is 42.5 Å². The minimum absolute atomic E-state index is 0.0424. The van der Waals surface area contributed by atoms with Gasteiger partial charge in [-0.1, -0.05) is 61.9 Å². The molecule has 0 unspecified atom stereocenters. The van der Waals surface area contributed by atoms with Crippen LogP contribution in [0.25, 0.3) is 0 Å². The zero-order valence-electron chi connectivity index (χ0n) is 16.5. The number of ether oxygens (including phenoxy) is 1. The molecule has 0 spiro atoms. The molecule has 0 fully saturated rings. The second-order valence-electron chi connectivity index (χ2n) is 6.45. The van der Waals surface area contributed by atoms with Gasteiger partial charge >= 0.3 is 17.9 Å². The van der Waals surface area contributed by atoms with Gasteiger partial charge < -0.3 is 14.8 Å². The van der Waals surface area contributed by atoms with Gasteiger partial charge in [-0.3, -0.25) is 4.79 Å². The molecule has 30 heavy (non-hydrogen) atoms. The summed E-state index contributed by atoms with van der Waals surface area (Å²) in [5, 5.41) is 14.6. The number of carbonyl (C=O) groups is 2. The molecule has 3 rings (SSSR count). The molecular weight excluding hydrogens is 390 g/mol. The molecule has 1 aliphatic rings. The Hall–Kier alpha value is -3.63. The Bertz CT molecular complexity index is 906. The van der Waals surface area contributed by atoms with Crippen LogP contribution in [0, 0.1) is 5.21 Å². The number of nitrogens with zero attached hydrogens (tertiary/aromatic N) is 4. The lowest BCUT2D eigenvalue weighted by atomic mass is 10.2. The Balaban J connectivity index is 1.86. The molecule has 0 saturated heterocycles. The van der Waals surface area contributed by atoms with Crippen LogP contribution in [0.2, 0.25) is 0 Å². The van der Waals surface area contributed by atoms with Crippen LogP contribution < -0.4 is 5.84 Å². The van der Waals surface area contributed by atoms with Gasteiger partial charge in [0, 0.05) is 6.42 Å². The predicted molar refractivity (Wildman–Crippen MR) is 106 cm³/mol. The highest BCUT2D eigenvalue weighted by Gasteiger charge is 2.51. The maximum absolute atomic E-state index is 12.9. The third-order valence-electron chi connectivity index (χ3n) is 4.24. The molecule has 0 atom stereocenters. The van der Waals surface area contributed by atoms with Gasteiger partial charge in [-0.25, -0.2) is 0 Å². The van der Waals surface area contributed by atoms with Crippen molar-refractivity contribution in [1.29, 1.82) is 0 Å². The van der Waals surface area contributed by atoms with Crippen molar-refractivity contribution >= 4 is 17.9 Å². The number of hydrogen-bond acceptors (Lipinski definition) is 8. The van der Waals surface area contributed by atoms with E-state index in [9.17, 15) is 14.8 Å². The first-order valence-corrected chi connectivity index (χ1v) is 9.48. The molecule has 0 aliphatic carbocycles. The number of carbonyl (C=O) groups excluding carboxylic acids is 2. The smallest absolute Gasteiger partial charge is 0.531 e. The lowest BCUT2D eigenvalue weighted by molar-refractivity contribution is -0.698. The van der Waals surface area contributed by atoms with Crippen molar-refractivity contribution in [3.8, 4) is 0 Å². The SMILES string of the molecule is CCCCC(=O)ON1N(C(=O)OCc2ccccc2)C(c2ccccc2)=[N+]([O-])N1N. The van der Waals surface area contributed by atoms with E-state index >= 15 is 0 Å². The average molecular weight is 413 g/mol. The van der Waals surface area contributed by atoms with Crippen molar-refractivity contribution in [2.45, 2.75) is 32.8 Å². The van der Waals surface area contributed by atoms with Gasteiger partial charge in [0.25, 0.3) is 0 Å². The minimum atomic E-state index is -0.935. The van der Waals surface area contributed by atoms with Crippen molar-refractivity contribution in [3.63, 3.8) is 0 Å². The van der Waals surface area contributed by atoms with Crippen LogP contribution in [0.3, 0.4) is 0 Å². The van der Waals surface area contributed by atoms with E-state index < -0.39 is 12.1 Å². The molecule has 10 nitrogen and oxygen atoms in total. The van der Waals surface area contributed by atoms with E-state index in [1.165, 1.54) is 0 Å². The van der Waals surface area contributed by atoms with E-state index in [2.05, 4.69) is 0 Å². The van der Waals surface area contributed by atoms with Crippen LogP contribution >= 0.6 is 0 Å². The molecule has 10 heteroatoms. The Kier molecular flexibility index (Phi) is 6.83. The summed E-state index contributed by atoms with van der Waals surface area (Å²) in [7, 11) is 0. The quantitative estimate of drug-likeness (QED) is 0.418. The van der Waals surface area contributed by atoms with Crippen LogP contribution in [-0.4, -0.2) is 38.3 Å². The van der Waals surface area contributed by atoms with Crippen molar-refractivity contribution < 1.29 is 24.0 Å². The fourth-order valence-electron chi connectivity index (χ4n) is 2.72. The third kappa shape index (κ3) is 4.67. The number of unbranched alkanes of at least 4 members (excludes halogenated alkanes) is 1. The molecular formula is C20H23N5O5. The summed E-state index contributed by atoms with van der Waals surface area (Å²) in [5.41, 5.74) is 1.13. The van der Waals surface area contributed by atoms with Crippen molar-refractivity contribution in [2.24, 2.45) is 5.84 Å². The number of hydrogen-bond donors (Lipinski definition) is 1. The number of amides is 1. The summed E-state index contributed by atoms with van der Waals surface area (Å²) >= 11 is 0. The standard InChI is InChI=1S/C20H23N5O5/c1-2-3-14-18(26)30-25-22(20(27)29-15-16-10-6-4-7-11-16)19(23(28)24(25)21)17-12-8-5-9-13-17/h4-13H,2-3,14-15,21H2,1H3. The average Bonchev–Trinajstić information content (AvgIpc) is 3.02. The lowest BCUT2D eigenvalue weighted by Crippen LogP contribution is -2.54. The summed E-state index contributed by atoms with van der Waals surface area (Å²) in [5.74, 6) is 4.98. The van der Waals surface area contributed by atoms with Gasteiger partial charge in [0.1, 0.15) is 6.61 Å². The normalized spacial score (nSPS) is 14.2. The Labute approximate surface area is 173 Å². The number of rotatable bonds is 7. The highest BCUT2D eigenvalue weighted by atomic mass is 16.8. The summed E-state index contributed by atoms with van der Waals surface area (Å²) in [6, 6.07) is 17.4. The molecule has 2 aromatic rings. The first-order valence-electron chi connectivity index (χ1n) is 9.48. The number of benzene rings is 2. The van der Waals surface area contributed by atoms with Gasteiger partial charge in [0.05, 0.1) is 5.56 Å². The minimum Gasteiger partial charge on any atom is -0.690 e. The Morgan fingerprint density at radius 2 is 1.70 bits per heavy atom. The fraction of sp³-hybridized carbons (Fsp3) is 0.250. The second-order valence-corrected chi connectivity index (χ2v) is 6.45. The van der Waals surface area contributed by atoms with E-state index in [0.29, 0.717) is 22.5 Å². The van der Waals surface area contributed by atoms with Crippen molar-refractivity contribution in [2.75, 3.05) is 0 Å². The maximum atomic E-state index is 12.9. The lowest BCUT2D eigenvalue weighted by Gasteiger charge is -2.21. The van der Waals surface area contributed by atoms with E-state index in [4.69, 9.17) is 15.4 Å². The zero-order chi connectivity index (χ0) is 21.5. The highest BCUT2D eigenvalue weighted by Crippen LogP contribution is 2.20. The van der Waals surface area contributed by atoms with E-state index in [-0.39, 0.29) is 23.7 Å². The van der Waals surface area contributed by atoms with Crippen LogP contribution in [0.4, 0.5) is 4.79 Å². The van der Waals surface area contributed by atoms with E-state index in [0.717, 1.165) is 17.0 Å². The molecule has 2 aromatic carbocycles. The Morgan fingerprint density at radius 1 is 1.07 bits per heavy atom. The molecule has 0 saturated carbocycles. The zero-order valence-corrected chi connectivity index (χ0v) is 16.5. The number of nitrogens with two attached hydrogens (primary N) is 1. The number of hydrazine groups is 4. The predicted octanol–water partition coefficient (Wildman–Crippen LogP) is 2.47. The van der Waals surface area contributed by atoms with Gasteiger partial charge in [0.15, 0.2) is 5.28 Å². The van der Waals surface area contributed by atoms with Gasteiger partial charge in [-0.15, -0.1) is 4.85 Å². The van der Waals surface area contributed by atoms with Gasteiger partial charge in [-0.05, 0) is 34.4 Å². The molecule has 0 bridgehead atoms. The molecule has 2 N–H and O–H groups in total. The molecule has 1 heterocycles. The second kappa shape index (κ2) is 9.72. The van der Waals surface area contributed by atoms with Crippen LogP contribution in [0.15, 0.2) is 60.7 Å². The van der Waals surface area contributed by atoms with Crippen molar-refractivity contribution in [1.82, 2.24) is 15.5 Å². The third-order valence-corrected chi connectivity index (χ3v) is 4.24. The first-order chi connectivity index (χ1) is 14.5. The first kappa shape index (κ1) is 21.1. The van der Waals surface area contributed by atoms with E-state index in [1.807, 2.05) is 25.1 Å². The summed E-state index contributed by atoms with van der Waals surface area (Å²) in [4.78, 5) is 30.5. The van der Waals surface area contributed by atoms with Crippen LogP contribution in [-0.2, 0) is 21.0 Å². The molecule has 0 radical (unpaired) electrons. The number of hydrazone groups is 1. The van der Waals surface area contributed by atoms with Crippen molar-refractivity contribution in [3.05, 3.63) is 77.0 Å². The highest BCUT2D eigenvalue weighted by molar-refractivity contribution is 6.03. The molecule has 158 valence electrons. The summed E-state index contributed by atoms with van der Waals surface area (Å²) in [6.45, 7) is 1.88. The molecule has 0 aromatic heterocycles. The van der Waals surface area contributed by atoms with Gasteiger partial charge in [0.2, 0.25) is 0 Å². The number of amidine groups is 1. The van der Waals surface area contributed by atoms with Gasteiger partial charge in [-0.2, -0.15) is 10.6 Å². The monoisotopic (exact) mass is 413 g/mol. The molecule has 1 aliphatic heterocycles. The van der Waals surface area contributed by atoms with Crippen LogP contribution in [0.1, 0.15) is 37.3 Å². The fourth-order valence-corrected chi connectivity index (χ4v) is 2.72. The van der Waals surface area contributed by atoms with Crippen LogP contribution in [0.5, 0.6) is 0 Å². The molecule has 1 amide bonds.